The van der Waals surface area contributed by atoms with Crippen LogP contribution in [0.4, 0.5) is 41.4 Å². The van der Waals surface area contributed by atoms with E-state index in [1.165, 1.54) is 6.92 Å². The first-order valence-corrected chi connectivity index (χ1v) is 23.0. The zero-order valence-electron chi connectivity index (χ0n) is 43.0. The molecule has 0 aromatic carbocycles. The molecule has 2 rings (SSSR count). The molecule has 0 bridgehead atoms. The highest BCUT2D eigenvalue weighted by Crippen LogP contribution is 2.32. The normalized spacial score (nSPS) is 15.1. The number of amides is 5. The number of unbranched alkanes of at least 4 members (excludes halogenated alkanes) is 4. The van der Waals surface area contributed by atoms with Crippen molar-refractivity contribution < 1.29 is 66.7 Å². The van der Waals surface area contributed by atoms with Crippen LogP contribution < -0.4 is 21.5 Å². The van der Waals surface area contributed by atoms with Crippen LogP contribution in [0.3, 0.4) is 0 Å². The summed E-state index contributed by atoms with van der Waals surface area (Å²) in [7, 11) is 0. The fourth-order valence-corrected chi connectivity index (χ4v) is 6.35. The number of anilines is 3. The minimum Gasteiger partial charge on any atom is -0.459 e. The van der Waals surface area contributed by atoms with E-state index in [1.807, 2.05) is 0 Å². The summed E-state index contributed by atoms with van der Waals surface area (Å²) in [6, 6.07) is -1.20. The van der Waals surface area contributed by atoms with Gasteiger partial charge in [-0.1, -0.05) is 12.8 Å². The van der Waals surface area contributed by atoms with E-state index < -0.39 is 94.2 Å². The summed E-state index contributed by atoms with van der Waals surface area (Å²) in [5.74, 6) is -1.60. The second-order valence-electron chi connectivity index (χ2n) is 21.4. The van der Waals surface area contributed by atoms with Crippen LogP contribution in [0.2, 0.25) is 0 Å². The maximum atomic E-state index is 14.0. The average molecular weight is 968 g/mol. The van der Waals surface area contributed by atoms with Crippen molar-refractivity contribution in [2.45, 2.75) is 208 Å². The van der Waals surface area contributed by atoms with E-state index >= 15 is 0 Å². The van der Waals surface area contributed by atoms with Gasteiger partial charge < -0.3 is 49.2 Å². The lowest BCUT2D eigenvalue weighted by Gasteiger charge is -2.41. The summed E-state index contributed by atoms with van der Waals surface area (Å²) in [6.07, 6.45) is -5.54. The molecule has 0 saturated heterocycles. The molecule has 68 heavy (non-hydrogen) atoms. The Kier molecular flexibility index (Phi) is 20.5. The quantitative estimate of drug-likeness (QED) is 0.0799. The Morgan fingerprint density at radius 3 is 1.38 bits per heavy atom. The van der Waals surface area contributed by atoms with Crippen LogP contribution in [0, 0.1) is 0 Å². The van der Waals surface area contributed by atoms with Gasteiger partial charge in [0.05, 0.1) is 6.04 Å². The Morgan fingerprint density at radius 1 is 0.618 bits per heavy atom. The Labute approximate surface area is 399 Å². The van der Waals surface area contributed by atoms with Gasteiger partial charge in [-0.05, 0) is 136 Å². The summed E-state index contributed by atoms with van der Waals surface area (Å²) < 4.78 is 39.2. The van der Waals surface area contributed by atoms with Gasteiger partial charge in [-0.25, -0.2) is 33.8 Å². The number of carbonyl (C=O) groups excluding carboxylic acids is 7. The number of imide groups is 2. The number of H-pyrrole nitrogens is 1. The van der Waals surface area contributed by atoms with Crippen LogP contribution >= 0.6 is 0 Å². The monoisotopic (exact) mass is 968 g/mol. The molecule has 22 nitrogen and oxygen atoms in total. The van der Waals surface area contributed by atoms with Gasteiger partial charge in [-0.2, -0.15) is 4.98 Å². The van der Waals surface area contributed by atoms with Crippen molar-refractivity contribution in [1.82, 2.24) is 19.8 Å². The molecule has 0 aliphatic carbocycles. The highest BCUT2D eigenvalue weighted by atomic mass is 16.6. The van der Waals surface area contributed by atoms with Crippen molar-refractivity contribution in [1.29, 1.82) is 0 Å². The predicted octanol–water partition coefficient (Wildman–Crippen LogP) is 8.20. The summed E-state index contributed by atoms with van der Waals surface area (Å²) >= 11 is 0. The number of rotatable bonds is 16. The van der Waals surface area contributed by atoms with E-state index in [4.69, 9.17) is 38.9 Å². The first kappa shape index (κ1) is 58.3. The second-order valence-corrected chi connectivity index (χ2v) is 21.4. The highest BCUT2D eigenvalue weighted by Gasteiger charge is 2.45. The van der Waals surface area contributed by atoms with E-state index in [9.17, 15) is 38.4 Å². The third kappa shape index (κ3) is 21.0. The fraction of sp³-hybridized carbons (Fsp3) is 0.761. The summed E-state index contributed by atoms with van der Waals surface area (Å²) in [4.78, 5) is 115. The van der Waals surface area contributed by atoms with Crippen LogP contribution in [-0.2, 0) is 42.7 Å². The molecular weight excluding hydrogens is 891 g/mol. The van der Waals surface area contributed by atoms with Gasteiger partial charge in [0.2, 0.25) is 5.95 Å². The largest absolute Gasteiger partial charge is 0.459 e. The number of aromatic nitrogens is 2. The average Bonchev–Trinajstić information content (AvgIpc) is 3.12. The molecule has 0 fully saturated rings. The first-order chi connectivity index (χ1) is 31.0. The second kappa shape index (κ2) is 23.9. The van der Waals surface area contributed by atoms with E-state index in [2.05, 4.69) is 15.3 Å². The van der Waals surface area contributed by atoms with Gasteiger partial charge in [0.25, 0.3) is 0 Å². The molecule has 3 atom stereocenters. The maximum Gasteiger partial charge on any atom is 0.419 e. The molecule has 386 valence electrons. The first-order valence-electron chi connectivity index (χ1n) is 23.0. The minimum absolute atomic E-state index is 0.0463. The number of hydrogen-bond acceptors (Lipinski definition) is 18. The number of esters is 2. The molecule has 5 amide bonds. The molecule has 2 heterocycles. The lowest BCUT2D eigenvalue weighted by atomic mass is 10.0. The zero-order valence-corrected chi connectivity index (χ0v) is 43.0. The molecule has 1 aliphatic rings. The fourth-order valence-electron chi connectivity index (χ4n) is 6.35. The molecule has 1 aliphatic heterocycles. The Balaban J connectivity index is 2.31. The molecule has 0 radical (unpaired) electrons. The number of nitrogens with one attached hydrogen (secondary N) is 2. The molecule has 0 spiro atoms. The van der Waals surface area contributed by atoms with E-state index in [0.717, 1.165) is 14.7 Å². The van der Waals surface area contributed by atoms with Crippen LogP contribution in [-0.4, -0.2) is 128 Å². The summed E-state index contributed by atoms with van der Waals surface area (Å²) in [6.45, 7) is 26.2. The van der Waals surface area contributed by atoms with Crippen LogP contribution in [0.15, 0.2) is 4.79 Å². The van der Waals surface area contributed by atoms with Crippen molar-refractivity contribution in [3.63, 3.8) is 0 Å². The third-order valence-corrected chi connectivity index (χ3v) is 8.97. The SMILES string of the molecule is CC(OC(=O)CCCCCN(C(=O)OC(C)(C)C)C(=O)OC(C)(C)C)C(OC(=O)CCCCCN(C(=O)OC(C)(C)C)C(=O)OC(C)(C)C)C1CNc2[nH]c(N)nc(=O)c2N1C(=O)OC(C)(C)C. The van der Waals surface area contributed by atoms with Crippen molar-refractivity contribution in [3.05, 3.63) is 10.4 Å². The smallest absolute Gasteiger partial charge is 0.419 e. The number of hydrogen-bond donors (Lipinski definition) is 3. The molecule has 4 N–H and O–H groups in total. The Morgan fingerprint density at radius 2 is 1.00 bits per heavy atom. The predicted molar refractivity (Wildman–Crippen MR) is 251 cm³/mol. The van der Waals surface area contributed by atoms with Gasteiger partial charge in [-0.3, -0.25) is 19.3 Å². The van der Waals surface area contributed by atoms with E-state index in [-0.39, 0.29) is 69.2 Å². The number of nitrogens with two attached hydrogens (primary N) is 1. The van der Waals surface area contributed by atoms with Crippen LogP contribution in [0.1, 0.15) is 162 Å². The van der Waals surface area contributed by atoms with Gasteiger partial charge in [-0.15, -0.1) is 0 Å². The number of carbonyl (C=O) groups is 7. The number of nitrogen functional groups attached to an aromatic ring is 1. The van der Waals surface area contributed by atoms with Gasteiger partial charge in [0, 0.05) is 32.5 Å². The van der Waals surface area contributed by atoms with Crippen molar-refractivity contribution in [2.75, 3.05) is 35.6 Å². The molecule has 3 unspecified atom stereocenters. The van der Waals surface area contributed by atoms with Crippen LogP contribution in [0.5, 0.6) is 0 Å². The minimum atomic E-state index is -1.39. The molecule has 0 saturated carbocycles. The topological polar surface area (TPSA) is 278 Å². The lowest BCUT2D eigenvalue weighted by molar-refractivity contribution is -0.168. The Bertz CT molecular complexity index is 1930. The number of ether oxygens (including phenoxy) is 7. The standard InChI is InChI=1S/C46H77N7O15/c1-28(62-30(54)23-19-17-21-25-51(37(57)64-42(2,3)4)38(58)65-43(5,6)7)33(29-27-48-34-32(35(56)50-36(47)49-34)53(29)41(61)68-46(14,15)16)63-31(55)24-20-18-22-26-52(39(59)66-44(8,9)10)40(60)67-45(11,12)13/h28-29,33H,17-27H2,1-16H3,(H4,47,48,49,50,56). The number of aromatic amines is 1. The number of nitrogens with zero attached hydrogens (tertiary/aromatic N) is 4. The summed E-state index contributed by atoms with van der Waals surface area (Å²) in [5.41, 5.74) is 0.112. The number of fused-ring (bicyclic) bond motifs is 1. The molecular formula is C46H77N7O15. The van der Waals surface area contributed by atoms with Gasteiger partial charge in [0.15, 0.2) is 11.8 Å². The van der Waals surface area contributed by atoms with E-state index in [0.29, 0.717) is 19.3 Å². The Hall–Kier alpha value is -5.83. The highest BCUT2D eigenvalue weighted by molar-refractivity contribution is 5.93. The van der Waals surface area contributed by atoms with Crippen molar-refractivity contribution in [2.24, 2.45) is 0 Å². The summed E-state index contributed by atoms with van der Waals surface area (Å²) in [5, 5.41) is 3.01. The van der Waals surface area contributed by atoms with Gasteiger partial charge in [0.1, 0.15) is 39.9 Å². The molecule has 22 heteroatoms. The van der Waals surface area contributed by atoms with Crippen LogP contribution in [0.25, 0.3) is 0 Å². The van der Waals surface area contributed by atoms with Crippen molar-refractivity contribution >= 4 is 59.9 Å². The van der Waals surface area contributed by atoms with Gasteiger partial charge >= 0.3 is 48.0 Å². The zero-order chi connectivity index (χ0) is 52.2. The third-order valence-electron chi connectivity index (χ3n) is 8.97. The molecule has 1 aromatic rings. The van der Waals surface area contributed by atoms with Crippen molar-refractivity contribution in [3.8, 4) is 0 Å². The van der Waals surface area contributed by atoms with E-state index in [1.54, 1.807) is 104 Å². The maximum absolute atomic E-state index is 14.0. The molecule has 1 aromatic heterocycles. The lowest BCUT2D eigenvalue weighted by Crippen LogP contribution is -2.60.